The average Bonchev–Trinajstić information content (AvgIpc) is 3.50. The third kappa shape index (κ3) is 4.24. The molecule has 0 N–H and O–H groups in total. The lowest BCUT2D eigenvalue weighted by molar-refractivity contribution is -0.133. The number of amides is 1. The zero-order valence-corrected chi connectivity index (χ0v) is 18.7. The topological polar surface area (TPSA) is 67.2 Å². The van der Waals surface area contributed by atoms with Crippen molar-refractivity contribution in [1.82, 2.24) is 24.6 Å². The van der Waals surface area contributed by atoms with Crippen LogP contribution >= 0.6 is 0 Å². The molecular weight excluding hydrogens is 400 g/mol. The van der Waals surface area contributed by atoms with Crippen molar-refractivity contribution in [3.8, 4) is 0 Å². The summed E-state index contributed by atoms with van der Waals surface area (Å²) in [7, 11) is 0. The van der Waals surface area contributed by atoms with Gasteiger partial charge in [0.2, 0.25) is 5.91 Å². The minimum Gasteiger partial charge on any atom is -0.356 e. The van der Waals surface area contributed by atoms with Gasteiger partial charge in [0.15, 0.2) is 5.82 Å². The van der Waals surface area contributed by atoms with Crippen LogP contribution in [0.15, 0.2) is 48.8 Å². The molecule has 1 saturated heterocycles. The summed E-state index contributed by atoms with van der Waals surface area (Å²) in [6.07, 6.45) is 8.57. The number of hydrogen-bond acceptors (Lipinski definition) is 5. The van der Waals surface area contributed by atoms with Crippen LogP contribution in [0.3, 0.4) is 0 Å². The molecule has 2 aliphatic rings. The van der Waals surface area contributed by atoms with Crippen molar-refractivity contribution >= 4 is 11.7 Å². The highest BCUT2D eigenvalue weighted by atomic mass is 16.2. The Morgan fingerprint density at radius 2 is 1.97 bits per heavy atom. The summed E-state index contributed by atoms with van der Waals surface area (Å²) < 4.78 is 1.68. The fourth-order valence-corrected chi connectivity index (χ4v) is 4.94. The first-order chi connectivity index (χ1) is 15.7. The van der Waals surface area contributed by atoms with E-state index in [1.165, 1.54) is 11.1 Å². The highest BCUT2D eigenvalue weighted by Gasteiger charge is 2.33. The lowest BCUT2D eigenvalue weighted by atomic mass is 10.0. The van der Waals surface area contributed by atoms with Gasteiger partial charge in [-0.05, 0) is 50.7 Å². The molecule has 7 heteroatoms. The Kier molecular flexibility index (Phi) is 5.88. The first-order valence-electron chi connectivity index (χ1n) is 11.6. The van der Waals surface area contributed by atoms with Gasteiger partial charge >= 0.3 is 0 Å². The van der Waals surface area contributed by atoms with Crippen molar-refractivity contribution in [1.29, 1.82) is 0 Å². The Hall–Kier alpha value is -3.22. The number of carbonyl (C=O) groups excluding carboxylic acids is 1. The molecular formula is C25H30N6O. The minimum atomic E-state index is -0.0556. The third-order valence-corrected chi connectivity index (χ3v) is 6.60. The van der Waals surface area contributed by atoms with Gasteiger partial charge in [-0.1, -0.05) is 30.3 Å². The number of nitrogens with zero attached hydrogens (tertiary/aromatic N) is 6. The maximum absolute atomic E-state index is 13.0. The number of rotatable bonds is 6. The number of aromatic nitrogens is 4. The molecule has 1 atom stereocenters. The van der Waals surface area contributed by atoms with Crippen molar-refractivity contribution in [2.45, 2.75) is 51.6 Å². The van der Waals surface area contributed by atoms with E-state index >= 15 is 0 Å². The van der Waals surface area contributed by atoms with Gasteiger partial charge in [-0.15, -0.1) is 0 Å². The summed E-state index contributed by atoms with van der Waals surface area (Å²) in [5, 5.41) is 4.18. The third-order valence-electron chi connectivity index (χ3n) is 6.60. The number of anilines is 1. The molecule has 32 heavy (non-hydrogen) atoms. The normalized spacial score (nSPS) is 18.1. The predicted octanol–water partition coefficient (Wildman–Crippen LogP) is 3.34. The zero-order valence-electron chi connectivity index (χ0n) is 18.7. The number of aryl methyl sites for hydroxylation is 1. The summed E-state index contributed by atoms with van der Waals surface area (Å²) in [6.45, 7) is 5.07. The highest BCUT2D eigenvalue weighted by molar-refractivity contribution is 5.76. The van der Waals surface area contributed by atoms with E-state index in [0.29, 0.717) is 0 Å². The molecule has 4 heterocycles. The quantitative estimate of drug-likeness (QED) is 0.600. The Labute approximate surface area is 189 Å². The molecule has 1 aromatic carbocycles. The van der Waals surface area contributed by atoms with Crippen LogP contribution in [0.5, 0.6) is 0 Å². The first-order valence-corrected chi connectivity index (χ1v) is 11.6. The van der Waals surface area contributed by atoms with E-state index in [2.05, 4.69) is 47.3 Å². The van der Waals surface area contributed by atoms with Crippen LogP contribution < -0.4 is 4.90 Å². The van der Waals surface area contributed by atoms with Crippen molar-refractivity contribution in [2.24, 2.45) is 0 Å². The standard InChI is InChI=1S/C25H30N6O/c1-19-21-10-5-14-29(17-12-20-8-3-2-4-9-20)25(21)28-24(27-19)22-11-6-16-31(22)23(32)18-30-15-7-13-26-30/h2-4,7-9,13,15,22H,5-6,10-12,14,16-18H2,1H3/t22-/m0/s1. The van der Waals surface area contributed by atoms with Crippen LogP contribution in [-0.2, 0) is 24.2 Å². The molecule has 0 bridgehead atoms. The van der Waals surface area contributed by atoms with Gasteiger partial charge in [0, 0.05) is 43.3 Å². The molecule has 1 fully saturated rings. The molecule has 0 aliphatic carbocycles. The van der Waals surface area contributed by atoms with Crippen molar-refractivity contribution in [2.75, 3.05) is 24.5 Å². The molecule has 0 spiro atoms. The largest absolute Gasteiger partial charge is 0.356 e. The number of hydrogen-bond donors (Lipinski definition) is 0. The second-order valence-electron chi connectivity index (χ2n) is 8.74. The SMILES string of the molecule is Cc1nc([C@@H]2CCCN2C(=O)Cn2cccn2)nc2c1CCCN2CCc1ccccc1. The van der Waals surface area contributed by atoms with Crippen molar-refractivity contribution in [3.63, 3.8) is 0 Å². The zero-order chi connectivity index (χ0) is 21.9. The van der Waals surface area contributed by atoms with E-state index in [4.69, 9.17) is 9.97 Å². The fraction of sp³-hybridized carbons (Fsp3) is 0.440. The second kappa shape index (κ2) is 9.10. The Morgan fingerprint density at radius 1 is 1.09 bits per heavy atom. The predicted molar refractivity (Wildman–Crippen MR) is 123 cm³/mol. The molecule has 0 radical (unpaired) electrons. The average molecular weight is 431 g/mol. The van der Waals surface area contributed by atoms with Crippen LogP contribution in [0.25, 0.3) is 0 Å². The molecule has 3 aromatic rings. The second-order valence-corrected chi connectivity index (χ2v) is 8.74. The Morgan fingerprint density at radius 3 is 2.78 bits per heavy atom. The number of fused-ring (bicyclic) bond motifs is 1. The van der Waals surface area contributed by atoms with Gasteiger partial charge in [-0.3, -0.25) is 9.48 Å². The maximum atomic E-state index is 13.0. The summed E-state index contributed by atoms with van der Waals surface area (Å²) in [5.74, 6) is 1.94. The van der Waals surface area contributed by atoms with Crippen LogP contribution in [0.1, 0.15) is 47.9 Å². The number of benzene rings is 1. The molecule has 0 unspecified atom stereocenters. The van der Waals surface area contributed by atoms with E-state index in [0.717, 1.165) is 69.1 Å². The lowest BCUT2D eigenvalue weighted by Crippen LogP contribution is -2.36. The molecule has 1 amide bonds. The van der Waals surface area contributed by atoms with Crippen LogP contribution in [0, 0.1) is 6.92 Å². The summed E-state index contributed by atoms with van der Waals surface area (Å²) in [6, 6.07) is 12.4. The molecule has 2 aromatic heterocycles. The van der Waals surface area contributed by atoms with Gasteiger partial charge < -0.3 is 9.80 Å². The van der Waals surface area contributed by atoms with E-state index < -0.39 is 0 Å². The van der Waals surface area contributed by atoms with Gasteiger partial charge in [-0.25, -0.2) is 9.97 Å². The molecule has 7 nitrogen and oxygen atoms in total. The van der Waals surface area contributed by atoms with Crippen molar-refractivity contribution in [3.05, 3.63) is 71.4 Å². The maximum Gasteiger partial charge on any atom is 0.244 e. The minimum absolute atomic E-state index is 0.0556. The smallest absolute Gasteiger partial charge is 0.244 e. The monoisotopic (exact) mass is 430 g/mol. The molecule has 0 saturated carbocycles. The summed E-state index contributed by atoms with van der Waals surface area (Å²) in [5.41, 5.74) is 3.66. The summed E-state index contributed by atoms with van der Waals surface area (Å²) in [4.78, 5) is 27.3. The van der Waals surface area contributed by atoms with Crippen LogP contribution in [0.2, 0.25) is 0 Å². The van der Waals surface area contributed by atoms with E-state index in [1.54, 1.807) is 10.9 Å². The first kappa shape index (κ1) is 20.7. The van der Waals surface area contributed by atoms with Gasteiger partial charge in [0.25, 0.3) is 0 Å². The van der Waals surface area contributed by atoms with Gasteiger partial charge in [0.1, 0.15) is 12.4 Å². The highest BCUT2D eigenvalue weighted by Crippen LogP contribution is 2.34. The van der Waals surface area contributed by atoms with E-state index in [-0.39, 0.29) is 18.5 Å². The molecule has 166 valence electrons. The Balaban J connectivity index is 1.38. The van der Waals surface area contributed by atoms with Gasteiger partial charge in [0.05, 0.1) is 6.04 Å². The number of carbonyl (C=O) groups is 1. The van der Waals surface area contributed by atoms with Crippen molar-refractivity contribution < 1.29 is 4.79 Å². The fourth-order valence-electron chi connectivity index (χ4n) is 4.94. The van der Waals surface area contributed by atoms with E-state index in [9.17, 15) is 4.79 Å². The van der Waals surface area contributed by atoms with E-state index in [1.807, 2.05) is 17.2 Å². The lowest BCUT2D eigenvalue weighted by Gasteiger charge is -2.32. The Bertz CT molecular complexity index is 1070. The van der Waals surface area contributed by atoms with Crippen LogP contribution in [-0.4, -0.2) is 50.2 Å². The van der Waals surface area contributed by atoms with Crippen LogP contribution in [0.4, 0.5) is 5.82 Å². The molecule has 2 aliphatic heterocycles. The number of likely N-dealkylation sites (tertiary alicyclic amines) is 1. The summed E-state index contributed by atoms with van der Waals surface area (Å²) >= 11 is 0. The van der Waals surface area contributed by atoms with Gasteiger partial charge in [-0.2, -0.15) is 5.10 Å². The molecule has 5 rings (SSSR count).